The van der Waals surface area contributed by atoms with E-state index in [4.69, 9.17) is 0 Å². The van der Waals surface area contributed by atoms with Crippen LogP contribution in [0.3, 0.4) is 0 Å². The molecule has 0 saturated carbocycles. The number of anilines is 2. The summed E-state index contributed by atoms with van der Waals surface area (Å²) in [6.45, 7) is 3.28. The van der Waals surface area contributed by atoms with Crippen LogP contribution in [-0.4, -0.2) is 53.2 Å². The number of carbonyl (C=O) groups excluding carboxylic acids is 1. The molecule has 1 atom stereocenters. The summed E-state index contributed by atoms with van der Waals surface area (Å²) < 4.78 is 54.4. The maximum Gasteiger partial charge on any atom is 0.573 e. The smallest absolute Gasteiger partial charge is 0.406 e. The lowest BCUT2D eigenvalue weighted by Crippen LogP contribution is -2.55. The van der Waals surface area contributed by atoms with Crippen LogP contribution in [-0.2, 0) is 0 Å². The number of hydrogen-bond acceptors (Lipinski definition) is 5. The first-order chi connectivity index (χ1) is 18.2. The third kappa shape index (κ3) is 5.46. The molecule has 1 aliphatic rings. The average Bonchev–Trinajstić information content (AvgIpc) is 2.89. The maximum absolute atomic E-state index is 13.4. The Bertz CT molecular complexity index is 1450. The molecule has 1 saturated heterocycles. The number of fused-ring (bicyclic) bond motifs is 1. The molecule has 2 amide bonds. The Labute approximate surface area is 215 Å². The summed E-state index contributed by atoms with van der Waals surface area (Å²) in [6, 6.07) is 18.4. The number of nitrogens with zero attached hydrogens (tertiary/aromatic N) is 4. The van der Waals surface area contributed by atoms with Crippen LogP contribution >= 0.6 is 0 Å². The second-order valence-electron chi connectivity index (χ2n) is 8.92. The Balaban J connectivity index is 1.30. The van der Waals surface area contributed by atoms with Crippen molar-refractivity contribution in [3.8, 4) is 17.0 Å². The molecule has 1 aromatic heterocycles. The minimum atomic E-state index is -4.78. The highest BCUT2D eigenvalue weighted by Crippen LogP contribution is 2.33. The Kier molecular flexibility index (Phi) is 6.75. The number of piperazine rings is 1. The summed E-state index contributed by atoms with van der Waals surface area (Å²) in [5, 5.41) is 13.5. The number of ether oxygens (including phenoxy) is 1. The summed E-state index contributed by atoms with van der Waals surface area (Å²) in [5.74, 6) is 0.00152. The SMILES string of the molecule is C[C@@H]1CN(C(=O)Nc2ccc(OC(F)(F)F)cc2)CCN1c1nnc(-c2ccc(F)cc2)c2ccccc12. The Morgan fingerprint density at radius 2 is 1.63 bits per heavy atom. The van der Waals surface area contributed by atoms with Gasteiger partial charge in [-0.25, -0.2) is 9.18 Å². The molecule has 38 heavy (non-hydrogen) atoms. The van der Waals surface area contributed by atoms with Crippen LogP contribution in [0.25, 0.3) is 22.0 Å². The van der Waals surface area contributed by atoms with Gasteiger partial charge in [-0.05, 0) is 55.5 Å². The zero-order valence-electron chi connectivity index (χ0n) is 20.2. The van der Waals surface area contributed by atoms with Crippen molar-refractivity contribution in [3.63, 3.8) is 0 Å². The van der Waals surface area contributed by atoms with Gasteiger partial charge in [-0.2, -0.15) is 0 Å². The number of rotatable bonds is 4. The van der Waals surface area contributed by atoms with Crippen LogP contribution in [0.4, 0.5) is 33.9 Å². The quantitative estimate of drug-likeness (QED) is 0.327. The van der Waals surface area contributed by atoms with Crippen molar-refractivity contribution in [3.05, 3.63) is 78.6 Å². The van der Waals surface area contributed by atoms with Gasteiger partial charge >= 0.3 is 12.4 Å². The van der Waals surface area contributed by atoms with Crippen LogP contribution in [0.15, 0.2) is 72.8 Å². The lowest BCUT2D eigenvalue weighted by atomic mass is 10.0. The predicted molar refractivity (Wildman–Crippen MR) is 135 cm³/mol. The topological polar surface area (TPSA) is 70.6 Å². The van der Waals surface area contributed by atoms with Gasteiger partial charge in [-0.15, -0.1) is 23.4 Å². The van der Waals surface area contributed by atoms with Crippen molar-refractivity contribution >= 4 is 28.3 Å². The van der Waals surface area contributed by atoms with Crippen molar-refractivity contribution in [2.75, 3.05) is 29.9 Å². The molecule has 7 nitrogen and oxygen atoms in total. The van der Waals surface area contributed by atoms with E-state index in [1.807, 2.05) is 31.2 Å². The first-order valence-electron chi connectivity index (χ1n) is 11.9. The van der Waals surface area contributed by atoms with Crippen molar-refractivity contribution in [1.82, 2.24) is 15.1 Å². The fraction of sp³-hybridized carbons (Fsp3) is 0.222. The van der Waals surface area contributed by atoms with Crippen LogP contribution < -0.4 is 15.0 Å². The van der Waals surface area contributed by atoms with E-state index < -0.39 is 6.36 Å². The number of halogens is 4. The summed E-state index contributed by atoms with van der Waals surface area (Å²) in [4.78, 5) is 16.6. The number of hydrogen-bond donors (Lipinski definition) is 1. The van der Waals surface area contributed by atoms with Gasteiger partial charge in [0.25, 0.3) is 0 Å². The zero-order valence-corrected chi connectivity index (χ0v) is 20.2. The summed E-state index contributed by atoms with van der Waals surface area (Å²) in [6.07, 6.45) is -4.78. The van der Waals surface area contributed by atoms with Crippen molar-refractivity contribution in [2.24, 2.45) is 0 Å². The third-order valence-corrected chi connectivity index (χ3v) is 6.31. The van der Waals surface area contributed by atoms with E-state index in [1.165, 1.54) is 24.3 Å². The number of benzene rings is 3. The number of carbonyl (C=O) groups is 1. The lowest BCUT2D eigenvalue weighted by molar-refractivity contribution is -0.274. The van der Waals surface area contributed by atoms with Gasteiger partial charge in [-0.3, -0.25) is 0 Å². The largest absolute Gasteiger partial charge is 0.573 e. The van der Waals surface area contributed by atoms with Crippen molar-refractivity contribution in [1.29, 1.82) is 0 Å². The standard InChI is InChI=1S/C27H23F4N5O2/c1-17-16-35(26(37)32-20-10-12-21(13-11-20)38-27(29,30)31)14-15-36(17)25-23-5-3-2-4-22(23)24(33-34-25)18-6-8-19(28)9-7-18/h2-13,17H,14-16H2,1H3,(H,32,37)/t17-/m1/s1. The highest BCUT2D eigenvalue weighted by Gasteiger charge is 2.31. The van der Waals surface area contributed by atoms with Crippen LogP contribution in [0.2, 0.25) is 0 Å². The van der Waals surface area contributed by atoms with Gasteiger partial charge in [0.1, 0.15) is 17.3 Å². The van der Waals surface area contributed by atoms with E-state index in [0.29, 0.717) is 36.8 Å². The van der Waals surface area contributed by atoms with Crippen molar-refractivity contribution in [2.45, 2.75) is 19.3 Å². The molecule has 4 aromatic rings. The van der Waals surface area contributed by atoms with Gasteiger partial charge < -0.3 is 19.9 Å². The Morgan fingerprint density at radius 3 is 2.29 bits per heavy atom. The summed E-state index contributed by atoms with van der Waals surface area (Å²) in [7, 11) is 0. The number of amides is 2. The highest BCUT2D eigenvalue weighted by molar-refractivity contribution is 6.00. The Hall–Kier alpha value is -4.41. The van der Waals surface area contributed by atoms with Crippen molar-refractivity contribution < 1.29 is 27.1 Å². The van der Waals surface area contributed by atoms with Crippen LogP contribution in [0, 0.1) is 5.82 Å². The van der Waals surface area contributed by atoms with Gasteiger partial charge in [-0.1, -0.05) is 24.3 Å². The number of nitrogens with one attached hydrogen (secondary N) is 1. The highest BCUT2D eigenvalue weighted by atomic mass is 19.4. The molecule has 0 bridgehead atoms. The number of aromatic nitrogens is 2. The molecule has 5 rings (SSSR count). The molecule has 1 fully saturated rings. The van der Waals surface area contributed by atoms with E-state index in [-0.39, 0.29) is 23.6 Å². The second kappa shape index (κ2) is 10.2. The number of alkyl halides is 3. The second-order valence-corrected chi connectivity index (χ2v) is 8.92. The molecule has 0 radical (unpaired) electrons. The van der Waals surface area contributed by atoms with Gasteiger partial charge in [0, 0.05) is 47.7 Å². The van der Waals surface area contributed by atoms with Gasteiger partial charge in [0.05, 0.1) is 0 Å². The average molecular weight is 526 g/mol. The maximum atomic E-state index is 13.4. The lowest BCUT2D eigenvalue weighted by Gasteiger charge is -2.40. The van der Waals surface area contributed by atoms with E-state index in [2.05, 4.69) is 25.2 Å². The number of urea groups is 1. The molecule has 2 heterocycles. The molecular weight excluding hydrogens is 502 g/mol. The minimum absolute atomic E-state index is 0.0913. The van der Waals surface area contributed by atoms with E-state index in [1.54, 1.807) is 17.0 Å². The fourth-order valence-electron chi connectivity index (χ4n) is 4.52. The van der Waals surface area contributed by atoms with Gasteiger partial charge in [0.15, 0.2) is 5.82 Å². The molecule has 1 N–H and O–H groups in total. The molecule has 0 unspecified atom stereocenters. The molecule has 0 aliphatic carbocycles. The monoisotopic (exact) mass is 525 g/mol. The summed E-state index contributed by atoms with van der Waals surface area (Å²) in [5.41, 5.74) is 1.77. The normalized spacial score (nSPS) is 16.0. The van der Waals surface area contributed by atoms with Gasteiger partial charge in [0.2, 0.25) is 0 Å². The van der Waals surface area contributed by atoms with Crippen LogP contribution in [0.5, 0.6) is 5.75 Å². The summed E-state index contributed by atoms with van der Waals surface area (Å²) >= 11 is 0. The van der Waals surface area contributed by atoms with E-state index in [9.17, 15) is 22.4 Å². The predicted octanol–water partition coefficient (Wildman–Crippen LogP) is 6.08. The third-order valence-electron chi connectivity index (χ3n) is 6.31. The zero-order chi connectivity index (χ0) is 26.9. The molecule has 11 heteroatoms. The van der Waals surface area contributed by atoms with E-state index in [0.717, 1.165) is 28.5 Å². The molecule has 0 spiro atoms. The molecule has 196 valence electrons. The van der Waals surface area contributed by atoms with Crippen LogP contribution in [0.1, 0.15) is 6.92 Å². The molecule has 1 aliphatic heterocycles. The first-order valence-corrected chi connectivity index (χ1v) is 11.9. The fourth-order valence-corrected chi connectivity index (χ4v) is 4.52. The minimum Gasteiger partial charge on any atom is -0.406 e. The molecule has 3 aromatic carbocycles. The molecular formula is C27H23F4N5O2. The Morgan fingerprint density at radius 1 is 0.947 bits per heavy atom. The first kappa shape index (κ1) is 25.2. The van der Waals surface area contributed by atoms with E-state index >= 15 is 0 Å².